The average Bonchev–Trinajstić information content (AvgIpc) is 3.13. The van der Waals surface area contributed by atoms with Crippen LogP contribution in [-0.2, 0) is 11.2 Å². The van der Waals surface area contributed by atoms with Gasteiger partial charge in [0.15, 0.2) is 0 Å². The van der Waals surface area contributed by atoms with Crippen LogP contribution in [0.4, 0.5) is 5.69 Å². The lowest BCUT2D eigenvalue weighted by molar-refractivity contribution is -0.116. The van der Waals surface area contributed by atoms with E-state index in [4.69, 9.17) is 9.26 Å². The largest absolute Gasteiger partial charge is 0.494 e. The van der Waals surface area contributed by atoms with Crippen molar-refractivity contribution in [1.29, 1.82) is 0 Å². The fourth-order valence-corrected chi connectivity index (χ4v) is 2.38. The first-order valence-corrected chi connectivity index (χ1v) is 8.51. The molecule has 0 unspecified atom stereocenters. The lowest BCUT2D eigenvalue weighted by Gasteiger charge is -2.06. The number of aromatic nitrogens is 3. The number of rotatable bonds is 8. The number of amides is 1. The topological polar surface area (TPSA) is 90.1 Å². The van der Waals surface area contributed by atoms with Gasteiger partial charge in [-0.3, -0.25) is 9.78 Å². The van der Waals surface area contributed by atoms with Crippen LogP contribution in [0.5, 0.6) is 5.75 Å². The van der Waals surface area contributed by atoms with Gasteiger partial charge < -0.3 is 14.6 Å². The first-order valence-electron chi connectivity index (χ1n) is 8.51. The van der Waals surface area contributed by atoms with E-state index >= 15 is 0 Å². The molecule has 0 atom stereocenters. The zero-order valence-electron chi connectivity index (χ0n) is 14.5. The number of ether oxygens (including phenoxy) is 1. The minimum atomic E-state index is -0.0568. The Morgan fingerprint density at radius 2 is 2.04 bits per heavy atom. The molecule has 26 heavy (non-hydrogen) atoms. The summed E-state index contributed by atoms with van der Waals surface area (Å²) in [6.45, 7) is 2.54. The smallest absolute Gasteiger partial charge is 0.227 e. The first kappa shape index (κ1) is 17.6. The summed E-state index contributed by atoms with van der Waals surface area (Å²) in [4.78, 5) is 20.5. The highest BCUT2D eigenvalue weighted by Gasteiger charge is 2.10. The Balaban J connectivity index is 1.44. The molecule has 0 radical (unpaired) electrons. The van der Waals surface area contributed by atoms with Crippen molar-refractivity contribution in [2.45, 2.75) is 26.2 Å². The van der Waals surface area contributed by atoms with Crippen LogP contribution in [0.2, 0.25) is 0 Å². The third-order valence-corrected chi connectivity index (χ3v) is 3.61. The number of nitrogens with zero attached hydrogens (tertiary/aromatic N) is 3. The maximum absolute atomic E-state index is 12.0. The van der Waals surface area contributed by atoms with E-state index in [1.54, 1.807) is 6.20 Å². The number of hydrogen-bond donors (Lipinski definition) is 1. The number of aryl methyl sites for hydroxylation is 1. The van der Waals surface area contributed by atoms with Gasteiger partial charge in [0, 0.05) is 24.7 Å². The van der Waals surface area contributed by atoms with Crippen molar-refractivity contribution in [3.63, 3.8) is 0 Å². The average molecular weight is 352 g/mol. The third kappa shape index (κ3) is 4.89. The van der Waals surface area contributed by atoms with Crippen molar-refractivity contribution in [3.05, 3.63) is 54.6 Å². The van der Waals surface area contributed by atoms with Crippen molar-refractivity contribution < 1.29 is 14.1 Å². The molecule has 0 bridgehead atoms. The number of pyridine rings is 1. The van der Waals surface area contributed by atoms with E-state index in [0.717, 1.165) is 11.4 Å². The molecule has 3 aromatic rings. The van der Waals surface area contributed by atoms with Crippen LogP contribution in [-0.4, -0.2) is 27.6 Å². The molecule has 1 N–H and O–H groups in total. The minimum absolute atomic E-state index is 0.0568. The van der Waals surface area contributed by atoms with E-state index in [1.807, 2.05) is 49.4 Å². The molecule has 7 nitrogen and oxygen atoms in total. The summed E-state index contributed by atoms with van der Waals surface area (Å²) in [5, 5.41) is 6.77. The maximum Gasteiger partial charge on any atom is 0.227 e. The van der Waals surface area contributed by atoms with Crippen LogP contribution in [0.3, 0.4) is 0 Å². The van der Waals surface area contributed by atoms with Crippen LogP contribution in [0.25, 0.3) is 11.5 Å². The summed E-state index contributed by atoms with van der Waals surface area (Å²) in [6, 6.07) is 12.8. The molecule has 0 aliphatic heterocycles. The van der Waals surface area contributed by atoms with Crippen LogP contribution in [0, 0.1) is 0 Å². The highest BCUT2D eigenvalue weighted by Crippen LogP contribution is 2.16. The quantitative estimate of drug-likeness (QED) is 0.667. The summed E-state index contributed by atoms with van der Waals surface area (Å²) >= 11 is 0. The molecule has 2 heterocycles. The van der Waals surface area contributed by atoms with Crippen molar-refractivity contribution in [1.82, 2.24) is 15.1 Å². The molecule has 0 saturated carbocycles. The second-order valence-electron chi connectivity index (χ2n) is 5.59. The van der Waals surface area contributed by atoms with Gasteiger partial charge in [0.2, 0.25) is 17.6 Å². The van der Waals surface area contributed by atoms with E-state index in [0.29, 0.717) is 43.3 Å². The van der Waals surface area contributed by atoms with E-state index in [-0.39, 0.29) is 5.91 Å². The van der Waals surface area contributed by atoms with Crippen molar-refractivity contribution in [2.24, 2.45) is 0 Å². The highest BCUT2D eigenvalue weighted by molar-refractivity contribution is 5.90. The van der Waals surface area contributed by atoms with Gasteiger partial charge >= 0.3 is 0 Å². The molecule has 1 amide bonds. The molecule has 1 aromatic carbocycles. The lowest BCUT2D eigenvalue weighted by atomic mass is 10.2. The Hall–Kier alpha value is -3.22. The van der Waals surface area contributed by atoms with Crippen LogP contribution in [0.1, 0.15) is 25.7 Å². The van der Waals surface area contributed by atoms with Gasteiger partial charge in [-0.1, -0.05) is 11.2 Å². The Morgan fingerprint density at radius 1 is 1.19 bits per heavy atom. The summed E-state index contributed by atoms with van der Waals surface area (Å²) < 4.78 is 10.6. The monoisotopic (exact) mass is 352 g/mol. The van der Waals surface area contributed by atoms with Crippen LogP contribution < -0.4 is 10.1 Å². The molecule has 0 saturated heterocycles. The third-order valence-electron chi connectivity index (χ3n) is 3.61. The van der Waals surface area contributed by atoms with Gasteiger partial charge in [-0.25, -0.2) is 0 Å². The molecular formula is C19H20N4O3. The van der Waals surface area contributed by atoms with E-state index in [2.05, 4.69) is 20.4 Å². The molecule has 134 valence electrons. The zero-order chi connectivity index (χ0) is 18.2. The Bertz CT molecular complexity index is 832. The molecule has 0 spiro atoms. The molecule has 0 aliphatic carbocycles. The fourth-order valence-electron chi connectivity index (χ4n) is 2.38. The van der Waals surface area contributed by atoms with Gasteiger partial charge in [0.05, 0.1) is 6.61 Å². The van der Waals surface area contributed by atoms with E-state index in [1.165, 1.54) is 0 Å². The van der Waals surface area contributed by atoms with Crippen LogP contribution >= 0.6 is 0 Å². The molecule has 0 aliphatic rings. The molecule has 0 fully saturated rings. The molecule has 2 aromatic heterocycles. The Labute approximate surface area is 151 Å². The maximum atomic E-state index is 12.0. The number of anilines is 1. The van der Waals surface area contributed by atoms with Gasteiger partial charge in [0.1, 0.15) is 11.4 Å². The Morgan fingerprint density at radius 3 is 2.77 bits per heavy atom. The van der Waals surface area contributed by atoms with Crippen molar-refractivity contribution in [3.8, 4) is 17.3 Å². The van der Waals surface area contributed by atoms with Gasteiger partial charge in [0.25, 0.3) is 0 Å². The normalized spacial score (nSPS) is 10.5. The lowest BCUT2D eigenvalue weighted by Crippen LogP contribution is -2.11. The SMILES string of the molecule is CCOc1ccc(NC(=O)CCCc2nc(-c3ccccn3)no2)cc1. The van der Waals surface area contributed by atoms with Crippen molar-refractivity contribution in [2.75, 3.05) is 11.9 Å². The predicted molar refractivity (Wildman–Crippen MR) is 96.7 cm³/mol. The number of benzene rings is 1. The number of carbonyl (C=O) groups excluding carboxylic acids is 1. The molecule has 7 heteroatoms. The zero-order valence-corrected chi connectivity index (χ0v) is 14.5. The highest BCUT2D eigenvalue weighted by atomic mass is 16.5. The second kappa shape index (κ2) is 8.75. The number of nitrogens with one attached hydrogen (secondary N) is 1. The summed E-state index contributed by atoms with van der Waals surface area (Å²) in [5.41, 5.74) is 1.41. The van der Waals surface area contributed by atoms with Crippen molar-refractivity contribution >= 4 is 11.6 Å². The van der Waals surface area contributed by atoms with Gasteiger partial charge in [-0.05, 0) is 49.7 Å². The number of carbonyl (C=O) groups is 1. The second-order valence-corrected chi connectivity index (χ2v) is 5.59. The van der Waals surface area contributed by atoms with Crippen LogP contribution in [0.15, 0.2) is 53.2 Å². The van der Waals surface area contributed by atoms with E-state index in [9.17, 15) is 4.79 Å². The molecular weight excluding hydrogens is 332 g/mol. The standard InChI is InChI=1S/C19H20N4O3/c1-2-25-15-11-9-14(10-12-15)21-17(24)7-5-8-18-22-19(23-26-18)16-6-3-4-13-20-16/h3-4,6,9-13H,2,5,7-8H2,1H3,(H,21,24). The number of hydrogen-bond acceptors (Lipinski definition) is 6. The summed E-state index contributed by atoms with van der Waals surface area (Å²) in [6.07, 6.45) is 3.20. The predicted octanol–water partition coefficient (Wildman–Crippen LogP) is 3.49. The van der Waals surface area contributed by atoms with E-state index < -0.39 is 0 Å². The fraction of sp³-hybridized carbons (Fsp3) is 0.263. The molecule has 3 rings (SSSR count). The summed E-state index contributed by atoms with van der Waals surface area (Å²) in [5.74, 6) is 1.68. The minimum Gasteiger partial charge on any atom is -0.494 e. The van der Waals surface area contributed by atoms with Gasteiger partial charge in [-0.15, -0.1) is 0 Å². The Kier molecular flexibility index (Phi) is 5.92. The van der Waals surface area contributed by atoms with Gasteiger partial charge in [-0.2, -0.15) is 4.98 Å². The summed E-state index contributed by atoms with van der Waals surface area (Å²) in [7, 11) is 0. The first-order chi connectivity index (χ1) is 12.7.